The van der Waals surface area contributed by atoms with Crippen LogP contribution in [0.2, 0.25) is 0 Å². The van der Waals surface area contributed by atoms with Crippen molar-refractivity contribution in [3.63, 3.8) is 0 Å². The number of hydrogen-bond acceptors (Lipinski definition) is 3. The summed E-state index contributed by atoms with van der Waals surface area (Å²) in [6.45, 7) is 2.10. The molecule has 0 aliphatic rings. The van der Waals surface area contributed by atoms with Gasteiger partial charge in [-0.05, 0) is 34.5 Å². The highest BCUT2D eigenvalue weighted by molar-refractivity contribution is 9.10. The van der Waals surface area contributed by atoms with Crippen LogP contribution in [0.3, 0.4) is 0 Å². The molecule has 0 aliphatic heterocycles. The monoisotopic (exact) mass is 338 g/mol. The zero-order valence-electron chi connectivity index (χ0n) is 10.9. The van der Waals surface area contributed by atoms with E-state index in [1.807, 2.05) is 36.0 Å². The average molecular weight is 339 g/mol. The summed E-state index contributed by atoms with van der Waals surface area (Å²) in [6, 6.07) is 7.62. The molecule has 5 heteroatoms. The minimum Gasteiger partial charge on any atom is -0.298 e. The molecule has 0 bridgehead atoms. The zero-order chi connectivity index (χ0) is 13.8. The second kappa shape index (κ2) is 6.39. The number of carbonyl (C=O) groups excluding carboxylic acids is 1. The summed E-state index contributed by atoms with van der Waals surface area (Å²) in [6.07, 6.45) is 1.78. The summed E-state index contributed by atoms with van der Waals surface area (Å²) in [5.41, 5.74) is 2.98. The molecule has 2 aromatic rings. The SMILES string of the molecule is CCc1nn(C)c(CSc2ccc(C=O)cc2)c1Br. The molecule has 3 nitrogen and oxygen atoms in total. The highest BCUT2D eigenvalue weighted by Gasteiger charge is 2.12. The van der Waals surface area contributed by atoms with Gasteiger partial charge in [-0.15, -0.1) is 11.8 Å². The van der Waals surface area contributed by atoms with Crippen LogP contribution in [0.15, 0.2) is 33.6 Å². The standard InChI is InChI=1S/C14H15BrN2OS/c1-3-12-14(15)13(17(2)16-12)9-19-11-6-4-10(8-18)5-7-11/h4-8H,3,9H2,1-2H3. The number of aromatic nitrogens is 2. The highest BCUT2D eigenvalue weighted by Crippen LogP contribution is 2.29. The van der Waals surface area contributed by atoms with Gasteiger partial charge in [0.1, 0.15) is 6.29 Å². The fourth-order valence-corrected chi connectivity index (χ4v) is 3.68. The number of benzene rings is 1. The van der Waals surface area contributed by atoms with Gasteiger partial charge in [0.15, 0.2) is 0 Å². The van der Waals surface area contributed by atoms with Crippen LogP contribution >= 0.6 is 27.7 Å². The number of nitrogens with zero attached hydrogens (tertiary/aromatic N) is 2. The summed E-state index contributed by atoms with van der Waals surface area (Å²) in [4.78, 5) is 11.7. The van der Waals surface area contributed by atoms with Crippen molar-refractivity contribution >= 4 is 34.0 Å². The molecule has 0 unspecified atom stereocenters. The molecule has 0 atom stereocenters. The van der Waals surface area contributed by atoms with Crippen molar-refractivity contribution in [1.29, 1.82) is 0 Å². The molecule has 100 valence electrons. The van der Waals surface area contributed by atoms with E-state index in [0.717, 1.165) is 33.5 Å². The van der Waals surface area contributed by atoms with Gasteiger partial charge >= 0.3 is 0 Å². The van der Waals surface area contributed by atoms with Crippen LogP contribution < -0.4 is 0 Å². The molecule has 0 saturated heterocycles. The van der Waals surface area contributed by atoms with E-state index in [4.69, 9.17) is 0 Å². The van der Waals surface area contributed by atoms with Gasteiger partial charge in [-0.1, -0.05) is 19.1 Å². The van der Waals surface area contributed by atoms with Gasteiger partial charge in [-0.25, -0.2) is 0 Å². The Hall–Kier alpha value is -1.07. The minimum absolute atomic E-state index is 0.708. The normalized spacial score (nSPS) is 10.7. The van der Waals surface area contributed by atoms with E-state index in [0.29, 0.717) is 5.56 Å². The summed E-state index contributed by atoms with van der Waals surface area (Å²) in [5.74, 6) is 0.852. The number of halogens is 1. The van der Waals surface area contributed by atoms with E-state index < -0.39 is 0 Å². The summed E-state index contributed by atoms with van der Waals surface area (Å²) < 4.78 is 3.03. The molecule has 0 N–H and O–H groups in total. The van der Waals surface area contributed by atoms with Crippen molar-refractivity contribution in [1.82, 2.24) is 9.78 Å². The first-order valence-electron chi connectivity index (χ1n) is 6.04. The van der Waals surface area contributed by atoms with Gasteiger partial charge in [0, 0.05) is 23.3 Å². The first-order valence-corrected chi connectivity index (χ1v) is 7.81. The number of rotatable bonds is 5. The minimum atomic E-state index is 0.708. The van der Waals surface area contributed by atoms with Crippen LogP contribution in [0.1, 0.15) is 28.7 Å². The lowest BCUT2D eigenvalue weighted by atomic mass is 10.2. The second-order valence-corrected chi connectivity index (χ2v) is 6.00. The van der Waals surface area contributed by atoms with Crippen molar-refractivity contribution in [2.45, 2.75) is 24.0 Å². The first-order chi connectivity index (χ1) is 9.15. The molecule has 1 aromatic carbocycles. The van der Waals surface area contributed by atoms with Gasteiger partial charge < -0.3 is 0 Å². The van der Waals surface area contributed by atoms with E-state index >= 15 is 0 Å². The van der Waals surface area contributed by atoms with Gasteiger partial charge in [-0.3, -0.25) is 9.48 Å². The smallest absolute Gasteiger partial charge is 0.150 e. The Morgan fingerprint density at radius 3 is 2.58 bits per heavy atom. The van der Waals surface area contributed by atoms with Crippen LogP contribution in [0, 0.1) is 0 Å². The molecule has 0 radical (unpaired) electrons. The van der Waals surface area contributed by atoms with Crippen molar-refractivity contribution in [2.24, 2.45) is 7.05 Å². The molecule has 0 fully saturated rings. The van der Waals surface area contributed by atoms with Crippen molar-refractivity contribution in [3.8, 4) is 0 Å². The molecule has 0 aliphatic carbocycles. The summed E-state index contributed by atoms with van der Waals surface area (Å²) >= 11 is 5.35. The molecular weight excluding hydrogens is 324 g/mol. The predicted octanol–water partition coefficient (Wildman–Crippen LogP) is 3.85. The molecule has 19 heavy (non-hydrogen) atoms. The Balaban J connectivity index is 2.09. The Bertz CT molecular complexity index is 578. The van der Waals surface area contributed by atoms with Crippen LogP contribution in [0.5, 0.6) is 0 Å². The van der Waals surface area contributed by atoms with Gasteiger partial charge in [0.2, 0.25) is 0 Å². The van der Waals surface area contributed by atoms with Crippen molar-refractivity contribution < 1.29 is 4.79 Å². The molecule has 0 spiro atoms. The van der Waals surface area contributed by atoms with Crippen molar-refractivity contribution in [2.75, 3.05) is 0 Å². The van der Waals surface area contributed by atoms with E-state index in [1.54, 1.807) is 11.8 Å². The molecular formula is C14H15BrN2OS. The second-order valence-electron chi connectivity index (χ2n) is 4.16. The predicted molar refractivity (Wildman–Crippen MR) is 81.7 cm³/mol. The van der Waals surface area contributed by atoms with E-state index in [9.17, 15) is 4.79 Å². The van der Waals surface area contributed by atoms with Crippen LogP contribution in [0.25, 0.3) is 0 Å². The summed E-state index contributed by atoms with van der Waals surface area (Å²) in [7, 11) is 1.97. The van der Waals surface area contributed by atoms with Gasteiger partial charge in [0.05, 0.1) is 15.9 Å². The lowest BCUT2D eigenvalue weighted by Gasteiger charge is -2.03. The number of aldehydes is 1. The lowest BCUT2D eigenvalue weighted by Crippen LogP contribution is -1.96. The molecule has 0 saturated carbocycles. The fourth-order valence-electron chi connectivity index (χ4n) is 1.77. The maximum absolute atomic E-state index is 10.6. The highest BCUT2D eigenvalue weighted by atomic mass is 79.9. The number of thioether (sulfide) groups is 1. The van der Waals surface area contributed by atoms with Gasteiger partial charge in [-0.2, -0.15) is 5.10 Å². The Labute approximate surface area is 125 Å². The topological polar surface area (TPSA) is 34.9 Å². The number of hydrogen-bond donors (Lipinski definition) is 0. The first kappa shape index (κ1) is 14.3. The zero-order valence-corrected chi connectivity index (χ0v) is 13.3. The maximum atomic E-state index is 10.6. The fraction of sp³-hybridized carbons (Fsp3) is 0.286. The van der Waals surface area contributed by atoms with E-state index in [1.165, 1.54) is 5.69 Å². The number of aryl methyl sites for hydroxylation is 2. The van der Waals surface area contributed by atoms with Crippen LogP contribution in [-0.2, 0) is 19.2 Å². The molecule has 0 amide bonds. The average Bonchev–Trinajstić information content (AvgIpc) is 2.72. The third-order valence-electron chi connectivity index (χ3n) is 2.89. The molecule has 2 rings (SSSR count). The third-order valence-corrected chi connectivity index (χ3v) is 4.83. The number of carbonyl (C=O) groups is 1. The maximum Gasteiger partial charge on any atom is 0.150 e. The largest absolute Gasteiger partial charge is 0.298 e. The Morgan fingerprint density at radius 1 is 1.37 bits per heavy atom. The molecule has 1 aromatic heterocycles. The van der Waals surface area contributed by atoms with Crippen LogP contribution in [0.4, 0.5) is 0 Å². The van der Waals surface area contributed by atoms with Crippen molar-refractivity contribution in [3.05, 3.63) is 45.7 Å². The molecule has 1 heterocycles. The summed E-state index contributed by atoms with van der Waals surface area (Å²) in [5, 5.41) is 4.48. The Kier molecular flexibility index (Phi) is 4.82. The van der Waals surface area contributed by atoms with Crippen LogP contribution in [-0.4, -0.2) is 16.1 Å². The van der Waals surface area contributed by atoms with E-state index in [-0.39, 0.29) is 0 Å². The quantitative estimate of drug-likeness (QED) is 0.613. The lowest BCUT2D eigenvalue weighted by molar-refractivity contribution is 0.112. The van der Waals surface area contributed by atoms with Gasteiger partial charge in [0.25, 0.3) is 0 Å². The third kappa shape index (κ3) is 3.28. The Morgan fingerprint density at radius 2 is 2.05 bits per heavy atom. The van der Waals surface area contributed by atoms with E-state index in [2.05, 4.69) is 28.0 Å².